The molecule has 1 N–H and O–H groups in total. The minimum Gasteiger partial charge on any atom is -0.444 e. The highest BCUT2D eigenvalue weighted by Crippen LogP contribution is 2.25. The highest BCUT2D eigenvalue weighted by atomic mass is 32.2. The molecule has 5 nitrogen and oxygen atoms in total. The van der Waals surface area contributed by atoms with Crippen LogP contribution in [0.25, 0.3) is 0 Å². The number of carbonyl (C=O) groups excluding carboxylic acids is 1. The topological polar surface area (TPSA) is 50.8 Å². The van der Waals surface area contributed by atoms with Gasteiger partial charge in [-0.2, -0.15) is 11.8 Å². The molecule has 0 aromatic rings. The maximum absolute atomic E-state index is 12.2. The molecule has 1 rings (SSSR count). The average Bonchev–Trinajstić information content (AvgIpc) is 2.77. The lowest BCUT2D eigenvalue weighted by atomic mass is 10.2. The summed E-state index contributed by atoms with van der Waals surface area (Å²) in [5, 5.41) is 4.20. The van der Waals surface area contributed by atoms with E-state index in [4.69, 9.17) is 9.47 Å². The van der Waals surface area contributed by atoms with E-state index < -0.39 is 5.60 Å². The minimum absolute atomic E-state index is 0.268. The fourth-order valence-corrected chi connectivity index (χ4v) is 3.43. The first-order valence-corrected chi connectivity index (χ1v) is 8.70. The third kappa shape index (κ3) is 7.38. The monoisotopic (exact) mass is 318 g/mol. The number of hydrogen-bond donors (Lipinski definition) is 1. The van der Waals surface area contributed by atoms with Crippen molar-refractivity contribution in [3.05, 3.63) is 0 Å². The first kappa shape index (κ1) is 18.6. The van der Waals surface area contributed by atoms with E-state index in [0.717, 1.165) is 6.54 Å². The first-order valence-electron chi connectivity index (χ1n) is 7.65. The van der Waals surface area contributed by atoms with Crippen LogP contribution in [0.15, 0.2) is 0 Å². The molecule has 1 heterocycles. The summed E-state index contributed by atoms with van der Waals surface area (Å²) < 4.78 is 10.5. The van der Waals surface area contributed by atoms with Gasteiger partial charge in [-0.25, -0.2) is 4.79 Å². The zero-order chi connectivity index (χ0) is 15.9. The molecule has 2 unspecified atom stereocenters. The van der Waals surface area contributed by atoms with Crippen LogP contribution in [0.3, 0.4) is 0 Å². The predicted octanol–water partition coefficient (Wildman–Crippen LogP) is 2.35. The molecule has 1 aliphatic rings. The third-order valence-electron chi connectivity index (χ3n) is 3.38. The maximum atomic E-state index is 12.2. The van der Waals surface area contributed by atoms with E-state index >= 15 is 0 Å². The van der Waals surface area contributed by atoms with Crippen LogP contribution < -0.4 is 5.32 Å². The van der Waals surface area contributed by atoms with Crippen molar-refractivity contribution in [2.75, 3.05) is 39.1 Å². The van der Waals surface area contributed by atoms with Crippen molar-refractivity contribution in [3.63, 3.8) is 0 Å². The van der Waals surface area contributed by atoms with Crippen LogP contribution in [-0.4, -0.2) is 67.0 Å². The Kier molecular flexibility index (Phi) is 7.84. The van der Waals surface area contributed by atoms with Crippen LogP contribution in [0.1, 0.15) is 34.1 Å². The Morgan fingerprint density at radius 1 is 1.38 bits per heavy atom. The number of rotatable bonds is 7. The normalized spacial score (nSPS) is 22.3. The van der Waals surface area contributed by atoms with E-state index in [2.05, 4.69) is 12.2 Å². The van der Waals surface area contributed by atoms with Gasteiger partial charge in [-0.15, -0.1) is 0 Å². The molecule has 1 aliphatic heterocycles. The summed E-state index contributed by atoms with van der Waals surface area (Å²) in [4.78, 5) is 13.9. The van der Waals surface area contributed by atoms with E-state index in [1.165, 1.54) is 12.2 Å². The summed E-state index contributed by atoms with van der Waals surface area (Å²) in [6.45, 7) is 10.4. The number of hydrogen-bond acceptors (Lipinski definition) is 5. The van der Waals surface area contributed by atoms with Gasteiger partial charge in [0, 0.05) is 38.0 Å². The lowest BCUT2D eigenvalue weighted by Gasteiger charge is -2.28. The van der Waals surface area contributed by atoms with Crippen molar-refractivity contribution in [1.29, 1.82) is 0 Å². The Hall–Kier alpha value is -0.460. The van der Waals surface area contributed by atoms with E-state index in [1.807, 2.05) is 32.5 Å². The number of amides is 1. The van der Waals surface area contributed by atoms with Crippen LogP contribution in [0.5, 0.6) is 0 Å². The minimum atomic E-state index is -0.466. The summed E-state index contributed by atoms with van der Waals surface area (Å²) in [7, 11) is 1.64. The second-order valence-corrected chi connectivity index (χ2v) is 7.87. The fraction of sp³-hybridized carbons (Fsp3) is 0.933. The van der Waals surface area contributed by atoms with Crippen molar-refractivity contribution >= 4 is 17.9 Å². The van der Waals surface area contributed by atoms with Gasteiger partial charge < -0.3 is 19.7 Å². The molecule has 0 aliphatic carbocycles. The Balaban J connectivity index is 2.39. The second-order valence-electron chi connectivity index (χ2n) is 6.39. The summed E-state index contributed by atoms with van der Waals surface area (Å²) >= 11 is 2.00. The zero-order valence-corrected chi connectivity index (χ0v) is 14.8. The van der Waals surface area contributed by atoms with Gasteiger partial charge in [0.15, 0.2) is 0 Å². The van der Waals surface area contributed by atoms with Gasteiger partial charge in [0.25, 0.3) is 0 Å². The molecule has 0 aromatic carbocycles. The van der Waals surface area contributed by atoms with Crippen molar-refractivity contribution in [2.24, 2.45) is 0 Å². The van der Waals surface area contributed by atoms with Gasteiger partial charge >= 0.3 is 6.09 Å². The lowest BCUT2D eigenvalue weighted by molar-refractivity contribution is 0.0203. The summed E-state index contributed by atoms with van der Waals surface area (Å²) in [5.74, 6) is 1.22. The molecule has 0 saturated carbocycles. The number of methoxy groups -OCH3 is 1. The highest BCUT2D eigenvalue weighted by Gasteiger charge is 2.25. The lowest BCUT2D eigenvalue weighted by Crippen LogP contribution is -2.44. The van der Waals surface area contributed by atoms with Gasteiger partial charge in [0.05, 0.1) is 6.61 Å². The van der Waals surface area contributed by atoms with E-state index in [9.17, 15) is 4.79 Å². The molecule has 0 spiro atoms. The number of nitrogens with one attached hydrogen (secondary N) is 1. The van der Waals surface area contributed by atoms with E-state index in [1.54, 1.807) is 12.0 Å². The average molecular weight is 318 g/mol. The largest absolute Gasteiger partial charge is 0.444 e. The van der Waals surface area contributed by atoms with Crippen LogP contribution in [0.2, 0.25) is 0 Å². The van der Waals surface area contributed by atoms with Gasteiger partial charge in [0.1, 0.15) is 5.60 Å². The molecule has 0 aromatic heterocycles. The number of carbonyl (C=O) groups is 1. The number of thioether (sulfide) groups is 1. The second kappa shape index (κ2) is 8.86. The Morgan fingerprint density at radius 3 is 2.62 bits per heavy atom. The molecule has 0 bridgehead atoms. The van der Waals surface area contributed by atoms with Crippen molar-refractivity contribution in [2.45, 2.75) is 51.0 Å². The molecular formula is C15H30N2O3S. The zero-order valence-electron chi connectivity index (χ0n) is 14.0. The molecule has 21 heavy (non-hydrogen) atoms. The predicted molar refractivity (Wildman–Crippen MR) is 88.0 cm³/mol. The standard InChI is InChI=1S/C15H30N2O3S/c1-12-13(6-11-21-12)16-7-8-17(9-10-19-5)14(18)20-15(2,3)4/h12-13,16H,6-11H2,1-5H3. The maximum Gasteiger partial charge on any atom is 0.410 e. The van der Waals surface area contributed by atoms with Crippen LogP contribution >= 0.6 is 11.8 Å². The van der Waals surface area contributed by atoms with Crippen LogP contribution in [0.4, 0.5) is 4.79 Å². The smallest absolute Gasteiger partial charge is 0.410 e. The molecule has 0 radical (unpaired) electrons. The van der Waals surface area contributed by atoms with Crippen LogP contribution in [0, 0.1) is 0 Å². The molecule has 124 valence electrons. The molecule has 1 saturated heterocycles. The van der Waals surface area contributed by atoms with Gasteiger partial charge in [0.2, 0.25) is 0 Å². The van der Waals surface area contributed by atoms with Crippen molar-refractivity contribution < 1.29 is 14.3 Å². The summed E-state index contributed by atoms with van der Waals surface area (Å²) in [5.41, 5.74) is -0.466. The van der Waals surface area contributed by atoms with Gasteiger partial charge in [-0.1, -0.05) is 6.92 Å². The van der Waals surface area contributed by atoms with E-state index in [-0.39, 0.29) is 6.09 Å². The van der Waals surface area contributed by atoms with E-state index in [0.29, 0.717) is 31.0 Å². The molecular weight excluding hydrogens is 288 g/mol. The first-order chi connectivity index (χ1) is 9.83. The summed E-state index contributed by atoms with van der Waals surface area (Å²) in [6.07, 6.45) is 0.936. The van der Waals surface area contributed by atoms with Gasteiger partial charge in [-0.3, -0.25) is 0 Å². The Labute approximate surface area is 133 Å². The quantitative estimate of drug-likeness (QED) is 0.781. The van der Waals surface area contributed by atoms with Gasteiger partial charge in [-0.05, 0) is 32.9 Å². The van der Waals surface area contributed by atoms with Crippen LogP contribution in [-0.2, 0) is 9.47 Å². The molecule has 1 fully saturated rings. The third-order valence-corrected chi connectivity index (χ3v) is 4.71. The number of ether oxygens (including phenoxy) is 2. The Bertz CT molecular complexity index is 321. The fourth-order valence-electron chi connectivity index (χ4n) is 2.21. The molecule has 1 amide bonds. The molecule has 6 heteroatoms. The summed E-state index contributed by atoms with van der Waals surface area (Å²) in [6, 6.07) is 0.554. The van der Waals surface area contributed by atoms with Crippen molar-refractivity contribution in [3.8, 4) is 0 Å². The number of nitrogens with zero attached hydrogens (tertiary/aromatic N) is 1. The molecule has 2 atom stereocenters. The SMILES string of the molecule is COCCN(CCNC1CCSC1C)C(=O)OC(C)(C)C. The van der Waals surface area contributed by atoms with Crippen molar-refractivity contribution in [1.82, 2.24) is 10.2 Å². The Morgan fingerprint density at radius 2 is 2.10 bits per heavy atom. The highest BCUT2D eigenvalue weighted by molar-refractivity contribution is 8.00.